The smallest absolute Gasteiger partial charge is 0.160 e. The van der Waals surface area contributed by atoms with Crippen LogP contribution in [0.4, 0.5) is 0 Å². The van der Waals surface area contributed by atoms with Gasteiger partial charge in [-0.15, -0.1) is 11.3 Å². The molecule has 0 N–H and O–H groups in total. The van der Waals surface area contributed by atoms with Crippen molar-refractivity contribution >= 4 is 63.8 Å². The van der Waals surface area contributed by atoms with Gasteiger partial charge < -0.3 is 0 Å². The highest BCUT2D eigenvalue weighted by atomic mass is 32.1. The van der Waals surface area contributed by atoms with Crippen LogP contribution in [-0.2, 0) is 0 Å². The van der Waals surface area contributed by atoms with E-state index in [9.17, 15) is 0 Å². The van der Waals surface area contributed by atoms with Crippen molar-refractivity contribution in [2.24, 2.45) is 0 Å². The Morgan fingerprint density at radius 1 is 0.395 bits per heavy atom. The highest BCUT2D eigenvalue weighted by Crippen LogP contribution is 2.48. The molecule has 0 aliphatic heterocycles. The third-order valence-electron chi connectivity index (χ3n) is 8.46. The van der Waals surface area contributed by atoms with Crippen LogP contribution in [0, 0.1) is 0 Å². The molecule has 0 amide bonds. The molecule has 9 aromatic rings. The molecular weight excluding hydrogens is 541 g/mol. The molecule has 200 valence electrons. The van der Waals surface area contributed by atoms with Crippen molar-refractivity contribution in [3.8, 4) is 33.9 Å². The number of hydrogen-bond donors (Lipinski definition) is 0. The molecule has 0 unspecified atom stereocenters. The third-order valence-corrected chi connectivity index (χ3v) is 9.65. The molecule has 0 atom stereocenters. The fraction of sp³-hybridized carbons (Fsp3) is 0. The van der Waals surface area contributed by atoms with Crippen molar-refractivity contribution in [2.75, 3.05) is 0 Å². The quantitative estimate of drug-likeness (QED) is 0.199. The first-order valence-electron chi connectivity index (χ1n) is 14.5. The lowest BCUT2D eigenvalue weighted by atomic mass is 9.90. The van der Waals surface area contributed by atoms with E-state index in [2.05, 4.69) is 121 Å². The second-order valence-corrected chi connectivity index (χ2v) is 12.0. The highest BCUT2D eigenvalue weighted by molar-refractivity contribution is 7.27. The van der Waals surface area contributed by atoms with E-state index in [4.69, 9.17) is 9.97 Å². The van der Waals surface area contributed by atoms with E-state index in [-0.39, 0.29) is 0 Å². The van der Waals surface area contributed by atoms with Crippen LogP contribution in [0.2, 0.25) is 0 Å². The Morgan fingerprint density at radius 3 is 1.65 bits per heavy atom. The van der Waals surface area contributed by atoms with Gasteiger partial charge in [-0.3, -0.25) is 0 Å². The van der Waals surface area contributed by atoms with Gasteiger partial charge in [-0.25, -0.2) is 9.97 Å². The lowest BCUT2D eigenvalue weighted by Gasteiger charge is -2.15. The lowest BCUT2D eigenvalue weighted by molar-refractivity contribution is 1.19. The van der Waals surface area contributed by atoms with Gasteiger partial charge in [0.15, 0.2) is 5.82 Å². The first-order valence-corrected chi connectivity index (χ1v) is 15.3. The molecule has 0 fully saturated rings. The molecule has 2 nitrogen and oxygen atoms in total. The summed E-state index contributed by atoms with van der Waals surface area (Å²) in [5.41, 5.74) is 5.07. The minimum atomic E-state index is 0.730. The fourth-order valence-electron chi connectivity index (χ4n) is 6.53. The molecule has 9 rings (SSSR count). The fourth-order valence-corrected chi connectivity index (χ4v) is 7.82. The van der Waals surface area contributed by atoms with Gasteiger partial charge in [0.05, 0.1) is 11.4 Å². The Bertz CT molecular complexity index is 2440. The molecule has 43 heavy (non-hydrogen) atoms. The van der Waals surface area contributed by atoms with Crippen LogP contribution in [0.3, 0.4) is 0 Å². The molecule has 0 saturated heterocycles. The molecule has 2 aromatic heterocycles. The molecule has 0 aliphatic carbocycles. The average Bonchev–Trinajstić information content (AvgIpc) is 3.48. The van der Waals surface area contributed by atoms with E-state index in [1.165, 1.54) is 52.5 Å². The predicted molar refractivity (Wildman–Crippen MR) is 184 cm³/mol. The topological polar surface area (TPSA) is 25.8 Å². The maximum Gasteiger partial charge on any atom is 0.160 e. The van der Waals surface area contributed by atoms with Crippen LogP contribution in [0.5, 0.6) is 0 Å². The molecule has 2 heterocycles. The standard InChI is InChI=1S/C40H24N2S/c1-3-13-25(14-4-1)34-24-35(42-40(41-34)26-15-5-2-6-16-26)33-23-32-29-19-8-7-17-27(29)28-18-9-10-20-30(28)37(32)39-38(33)31-21-11-12-22-36(31)43-39/h1-24H. The second-order valence-electron chi connectivity index (χ2n) is 10.9. The number of rotatable bonds is 3. The Balaban J connectivity index is 1.48. The van der Waals surface area contributed by atoms with Crippen molar-refractivity contribution in [2.45, 2.75) is 0 Å². The lowest BCUT2D eigenvalue weighted by Crippen LogP contribution is -1.96. The van der Waals surface area contributed by atoms with E-state index in [0.717, 1.165) is 33.9 Å². The normalized spacial score (nSPS) is 11.7. The van der Waals surface area contributed by atoms with Crippen LogP contribution in [0.25, 0.3) is 86.4 Å². The second kappa shape index (κ2) is 9.59. The summed E-state index contributed by atoms with van der Waals surface area (Å²) in [5.74, 6) is 0.730. The third kappa shape index (κ3) is 3.79. The molecule has 0 radical (unpaired) electrons. The molecular formula is C40H24N2S. The van der Waals surface area contributed by atoms with E-state index in [1.807, 2.05) is 35.6 Å². The zero-order valence-electron chi connectivity index (χ0n) is 23.2. The van der Waals surface area contributed by atoms with Crippen LogP contribution in [0.1, 0.15) is 0 Å². The van der Waals surface area contributed by atoms with Gasteiger partial charge in [0.25, 0.3) is 0 Å². The van der Waals surface area contributed by atoms with Crippen molar-refractivity contribution in [1.29, 1.82) is 0 Å². The number of aromatic nitrogens is 2. The van der Waals surface area contributed by atoms with Crippen molar-refractivity contribution < 1.29 is 0 Å². The summed E-state index contributed by atoms with van der Waals surface area (Å²) < 4.78 is 2.58. The van der Waals surface area contributed by atoms with Crippen LogP contribution >= 0.6 is 11.3 Å². The number of benzene rings is 7. The summed E-state index contributed by atoms with van der Waals surface area (Å²) in [4.78, 5) is 10.4. The minimum absolute atomic E-state index is 0.730. The van der Waals surface area contributed by atoms with Crippen molar-refractivity contribution in [1.82, 2.24) is 9.97 Å². The number of thiophene rings is 1. The first kappa shape index (κ1) is 24.2. The number of hydrogen-bond acceptors (Lipinski definition) is 3. The van der Waals surface area contributed by atoms with E-state index < -0.39 is 0 Å². The number of nitrogens with zero attached hydrogens (tertiary/aromatic N) is 2. The molecule has 0 aliphatic rings. The summed E-state index contributed by atoms with van der Waals surface area (Å²) in [6.07, 6.45) is 0. The highest BCUT2D eigenvalue weighted by Gasteiger charge is 2.20. The van der Waals surface area contributed by atoms with E-state index >= 15 is 0 Å². The average molecular weight is 565 g/mol. The Morgan fingerprint density at radius 2 is 0.930 bits per heavy atom. The van der Waals surface area contributed by atoms with Crippen molar-refractivity contribution in [3.63, 3.8) is 0 Å². The zero-order chi connectivity index (χ0) is 28.3. The molecule has 0 saturated carbocycles. The van der Waals surface area contributed by atoms with Gasteiger partial charge in [0.2, 0.25) is 0 Å². The van der Waals surface area contributed by atoms with Gasteiger partial charge in [-0.2, -0.15) is 0 Å². The van der Waals surface area contributed by atoms with Gasteiger partial charge in [0, 0.05) is 42.2 Å². The maximum atomic E-state index is 5.28. The van der Waals surface area contributed by atoms with Gasteiger partial charge in [0.1, 0.15) is 0 Å². The maximum absolute atomic E-state index is 5.28. The monoisotopic (exact) mass is 564 g/mol. The van der Waals surface area contributed by atoms with E-state index in [0.29, 0.717) is 0 Å². The molecule has 7 aromatic carbocycles. The summed E-state index contributed by atoms with van der Waals surface area (Å²) >= 11 is 1.88. The van der Waals surface area contributed by atoms with E-state index in [1.54, 1.807) is 0 Å². The van der Waals surface area contributed by atoms with Crippen LogP contribution in [-0.4, -0.2) is 9.97 Å². The Labute approximate surface area is 252 Å². The Kier molecular flexibility index (Phi) is 5.40. The Hall–Kier alpha value is -5.38. The number of fused-ring (bicyclic) bond motifs is 10. The van der Waals surface area contributed by atoms with Crippen molar-refractivity contribution in [3.05, 3.63) is 146 Å². The molecule has 0 spiro atoms. The van der Waals surface area contributed by atoms with Crippen LogP contribution in [0.15, 0.2) is 146 Å². The summed E-state index contributed by atoms with van der Waals surface area (Å²) in [6.45, 7) is 0. The molecule has 0 bridgehead atoms. The summed E-state index contributed by atoms with van der Waals surface area (Å²) in [7, 11) is 0. The van der Waals surface area contributed by atoms with Gasteiger partial charge in [-0.1, -0.05) is 127 Å². The molecule has 3 heteroatoms. The predicted octanol–water partition coefficient (Wildman–Crippen LogP) is 11.3. The largest absolute Gasteiger partial charge is 0.228 e. The van der Waals surface area contributed by atoms with Gasteiger partial charge in [-0.05, 0) is 45.1 Å². The summed E-state index contributed by atoms with van der Waals surface area (Å²) in [5, 5.41) is 10.2. The zero-order valence-corrected chi connectivity index (χ0v) is 24.0. The van der Waals surface area contributed by atoms with Gasteiger partial charge >= 0.3 is 0 Å². The van der Waals surface area contributed by atoms with Crippen LogP contribution < -0.4 is 0 Å². The SMILES string of the molecule is c1ccc(-c2cc(-c3cc4c5ccccc5c5ccccc5c4c4sc5ccccc5c34)nc(-c3ccccc3)n2)cc1. The summed E-state index contributed by atoms with van der Waals surface area (Å²) in [6, 6.07) is 51.7. The minimum Gasteiger partial charge on any atom is -0.228 e. The first-order chi connectivity index (χ1) is 21.3.